The van der Waals surface area contributed by atoms with Crippen molar-refractivity contribution in [2.75, 3.05) is 13.2 Å². The van der Waals surface area contributed by atoms with Gasteiger partial charge in [-0.3, -0.25) is 4.79 Å². The number of ether oxygens (including phenoxy) is 1. The Morgan fingerprint density at radius 2 is 2.28 bits per heavy atom. The molecule has 18 heavy (non-hydrogen) atoms. The molecular weight excluding hydrogens is 250 g/mol. The summed E-state index contributed by atoms with van der Waals surface area (Å²) in [6.45, 7) is 1.18. The van der Waals surface area contributed by atoms with Gasteiger partial charge in [-0.25, -0.2) is 0 Å². The van der Waals surface area contributed by atoms with Crippen LogP contribution in [0, 0.1) is 22.0 Å². The van der Waals surface area contributed by atoms with Crippen molar-refractivity contribution >= 4 is 23.4 Å². The molecule has 2 aliphatic rings. The Bertz CT molecular complexity index is 418. The van der Waals surface area contributed by atoms with E-state index in [4.69, 9.17) is 15.4 Å². The van der Waals surface area contributed by atoms with Gasteiger partial charge in [-0.15, -0.1) is 0 Å². The van der Waals surface area contributed by atoms with Crippen molar-refractivity contribution in [3.63, 3.8) is 0 Å². The molecule has 1 unspecified atom stereocenters. The molecule has 0 aromatic carbocycles. The molecule has 5 nitrogen and oxygen atoms in total. The van der Waals surface area contributed by atoms with Crippen LogP contribution in [0.5, 0.6) is 0 Å². The van der Waals surface area contributed by atoms with E-state index < -0.39 is 0 Å². The fourth-order valence-electron chi connectivity index (χ4n) is 1.75. The summed E-state index contributed by atoms with van der Waals surface area (Å²) in [5, 5.41) is 21.2. The van der Waals surface area contributed by atoms with E-state index in [-0.39, 0.29) is 17.9 Å². The van der Waals surface area contributed by atoms with Gasteiger partial charge in [-0.2, -0.15) is 5.26 Å². The Morgan fingerprint density at radius 1 is 1.50 bits per heavy atom. The lowest BCUT2D eigenvalue weighted by molar-refractivity contribution is -0.117. The van der Waals surface area contributed by atoms with Crippen molar-refractivity contribution in [3.8, 4) is 5.40 Å². The van der Waals surface area contributed by atoms with Crippen LogP contribution < -0.4 is 5.32 Å². The van der Waals surface area contributed by atoms with Crippen LogP contribution in [0.3, 0.4) is 0 Å². The smallest absolute Gasteiger partial charge is 0.259 e. The quantitative estimate of drug-likeness (QED) is 0.447. The van der Waals surface area contributed by atoms with Gasteiger partial charge in [0.25, 0.3) is 5.91 Å². The Labute approximate surface area is 110 Å². The van der Waals surface area contributed by atoms with Gasteiger partial charge in [0.15, 0.2) is 0 Å². The lowest BCUT2D eigenvalue weighted by Crippen LogP contribution is -2.35. The van der Waals surface area contributed by atoms with Crippen molar-refractivity contribution in [2.45, 2.75) is 25.3 Å². The van der Waals surface area contributed by atoms with Crippen LogP contribution in [-0.4, -0.2) is 30.9 Å². The van der Waals surface area contributed by atoms with Crippen LogP contribution in [0.25, 0.3) is 0 Å². The normalized spacial score (nSPS) is 23.5. The molecule has 1 aliphatic heterocycles. The van der Waals surface area contributed by atoms with Gasteiger partial charge >= 0.3 is 0 Å². The van der Waals surface area contributed by atoms with Gasteiger partial charge in [0.1, 0.15) is 5.40 Å². The molecule has 0 bridgehead atoms. The highest BCUT2D eigenvalue weighted by molar-refractivity contribution is 8.08. The average molecular weight is 265 g/mol. The van der Waals surface area contributed by atoms with Crippen LogP contribution in [0.15, 0.2) is 11.0 Å². The first kappa shape index (κ1) is 13.1. The Hall–Kier alpha value is -1.32. The minimum atomic E-state index is -0.276. The molecule has 0 aromatic rings. The van der Waals surface area contributed by atoms with Crippen LogP contribution in [0.1, 0.15) is 19.3 Å². The third-order valence-electron chi connectivity index (χ3n) is 2.95. The van der Waals surface area contributed by atoms with Crippen molar-refractivity contribution in [3.05, 3.63) is 11.0 Å². The second kappa shape index (κ2) is 6.03. The lowest BCUT2D eigenvalue weighted by Gasteiger charge is -2.11. The standard InChI is InChI=1S/C12H15N3O2S/c13-7-18-11(5-10(14)8-1-2-8)12(16)15-9-3-4-17-6-9/h5,8-9,14H,1-4,6H2,(H,15,16)/b11-5+,14-10?. The molecule has 96 valence electrons. The largest absolute Gasteiger partial charge is 0.379 e. The highest BCUT2D eigenvalue weighted by atomic mass is 32.2. The minimum absolute atomic E-state index is 0.0234. The van der Waals surface area contributed by atoms with E-state index in [0.717, 1.165) is 31.0 Å². The first-order chi connectivity index (χ1) is 8.70. The lowest BCUT2D eigenvalue weighted by atomic mass is 10.2. The van der Waals surface area contributed by atoms with Gasteiger partial charge in [0, 0.05) is 18.2 Å². The van der Waals surface area contributed by atoms with E-state index in [2.05, 4.69) is 5.32 Å². The van der Waals surface area contributed by atoms with Crippen LogP contribution in [-0.2, 0) is 9.53 Å². The van der Waals surface area contributed by atoms with Crippen molar-refractivity contribution in [2.24, 2.45) is 5.92 Å². The molecule has 1 saturated heterocycles. The molecule has 2 N–H and O–H groups in total. The van der Waals surface area contributed by atoms with E-state index in [1.807, 2.05) is 5.40 Å². The van der Waals surface area contributed by atoms with E-state index in [1.165, 1.54) is 6.08 Å². The van der Waals surface area contributed by atoms with Crippen LogP contribution >= 0.6 is 11.8 Å². The summed E-state index contributed by atoms with van der Waals surface area (Å²) in [7, 11) is 0. The molecule has 1 amide bonds. The van der Waals surface area contributed by atoms with Gasteiger partial charge < -0.3 is 15.5 Å². The van der Waals surface area contributed by atoms with Gasteiger partial charge in [0.2, 0.25) is 0 Å². The predicted octanol–water partition coefficient (Wildman–Crippen LogP) is 1.42. The Morgan fingerprint density at radius 3 is 2.83 bits per heavy atom. The molecule has 2 rings (SSSR count). The number of nitriles is 1. The molecule has 1 saturated carbocycles. The monoisotopic (exact) mass is 265 g/mol. The van der Waals surface area contributed by atoms with Crippen molar-refractivity contribution in [1.29, 1.82) is 10.7 Å². The molecule has 1 heterocycles. The molecule has 0 spiro atoms. The number of hydrogen-bond donors (Lipinski definition) is 2. The summed E-state index contributed by atoms with van der Waals surface area (Å²) >= 11 is 0.814. The number of allylic oxidation sites excluding steroid dienone is 1. The Kier molecular flexibility index (Phi) is 4.39. The second-order valence-corrected chi connectivity index (χ2v) is 5.29. The van der Waals surface area contributed by atoms with E-state index >= 15 is 0 Å². The summed E-state index contributed by atoms with van der Waals surface area (Å²) in [4.78, 5) is 12.3. The summed E-state index contributed by atoms with van der Waals surface area (Å²) in [5.41, 5.74) is 0.450. The van der Waals surface area contributed by atoms with E-state index in [1.54, 1.807) is 0 Å². The summed E-state index contributed by atoms with van der Waals surface area (Å²) in [6.07, 6.45) is 4.35. The number of nitrogens with zero attached hydrogens (tertiary/aromatic N) is 1. The Balaban J connectivity index is 1.96. The van der Waals surface area contributed by atoms with Gasteiger partial charge in [-0.1, -0.05) is 0 Å². The van der Waals surface area contributed by atoms with E-state index in [0.29, 0.717) is 23.8 Å². The third kappa shape index (κ3) is 3.59. The average Bonchev–Trinajstić information content (AvgIpc) is 3.08. The number of carbonyl (C=O) groups excluding carboxylic acids is 1. The first-order valence-electron chi connectivity index (χ1n) is 5.95. The fourth-order valence-corrected chi connectivity index (χ4v) is 2.18. The molecule has 1 atom stereocenters. The predicted molar refractivity (Wildman–Crippen MR) is 69.1 cm³/mol. The molecule has 0 radical (unpaired) electrons. The third-order valence-corrected chi connectivity index (χ3v) is 3.56. The number of thiocyanates is 1. The molecule has 6 heteroatoms. The zero-order valence-electron chi connectivity index (χ0n) is 9.94. The zero-order valence-corrected chi connectivity index (χ0v) is 10.8. The van der Waals surface area contributed by atoms with Crippen molar-refractivity contribution in [1.82, 2.24) is 5.32 Å². The number of carbonyl (C=O) groups is 1. The second-order valence-electron chi connectivity index (χ2n) is 4.47. The number of nitrogens with one attached hydrogen (secondary N) is 2. The molecule has 1 aliphatic carbocycles. The highest BCUT2D eigenvalue weighted by Gasteiger charge is 2.27. The summed E-state index contributed by atoms with van der Waals surface area (Å²) in [5.74, 6) is 0.00403. The first-order valence-corrected chi connectivity index (χ1v) is 6.77. The van der Waals surface area contributed by atoms with Gasteiger partial charge in [-0.05, 0) is 37.1 Å². The topological polar surface area (TPSA) is 86.0 Å². The molecule has 2 fully saturated rings. The number of rotatable bonds is 5. The SMILES string of the molecule is N#CS/C(=C/C(=N)C1CC1)C(=O)NC1CCOC1. The molecular formula is C12H15N3O2S. The number of hydrogen-bond acceptors (Lipinski definition) is 5. The fraction of sp³-hybridized carbons (Fsp3) is 0.583. The maximum Gasteiger partial charge on any atom is 0.259 e. The zero-order chi connectivity index (χ0) is 13.0. The van der Waals surface area contributed by atoms with E-state index in [9.17, 15) is 4.79 Å². The maximum atomic E-state index is 12.0. The van der Waals surface area contributed by atoms with Gasteiger partial charge in [0.05, 0.1) is 17.6 Å². The summed E-state index contributed by atoms with van der Waals surface area (Å²) < 4.78 is 5.18. The number of amides is 1. The minimum Gasteiger partial charge on any atom is -0.379 e. The highest BCUT2D eigenvalue weighted by Crippen LogP contribution is 2.31. The number of thioether (sulfide) groups is 1. The summed E-state index contributed by atoms with van der Waals surface area (Å²) in [6, 6.07) is 0.0234. The maximum absolute atomic E-state index is 12.0. The van der Waals surface area contributed by atoms with Crippen LogP contribution in [0.4, 0.5) is 0 Å². The van der Waals surface area contributed by atoms with Crippen molar-refractivity contribution < 1.29 is 9.53 Å². The molecule has 0 aromatic heterocycles. The van der Waals surface area contributed by atoms with Crippen LogP contribution in [0.2, 0.25) is 0 Å².